The first-order chi connectivity index (χ1) is 16.3. The number of rotatable bonds is 8. The molecule has 0 N–H and O–H groups in total. The van der Waals surface area contributed by atoms with Gasteiger partial charge >= 0.3 is 17.8 Å². The van der Waals surface area contributed by atoms with Crippen LogP contribution in [0, 0.1) is 0 Å². The van der Waals surface area contributed by atoms with Crippen LogP contribution in [-0.2, 0) is 38.9 Å². The number of ether oxygens (including phenoxy) is 3. The van der Waals surface area contributed by atoms with Crippen LogP contribution in [0.1, 0.15) is 18.2 Å². The van der Waals surface area contributed by atoms with E-state index in [1.807, 2.05) is 0 Å². The number of hydrogen-bond donors (Lipinski definition) is 0. The fourth-order valence-corrected chi connectivity index (χ4v) is 3.23. The highest BCUT2D eigenvalue weighted by molar-refractivity contribution is 6.43. The first-order valence-corrected chi connectivity index (χ1v) is 10.4. The van der Waals surface area contributed by atoms with Crippen molar-refractivity contribution in [3.8, 4) is 5.75 Å². The maximum Gasteiger partial charge on any atom is 0.431 e. The highest BCUT2D eigenvalue weighted by Gasteiger charge is 2.35. The largest absolute Gasteiger partial charge is 0.479 e. The van der Waals surface area contributed by atoms with Crippen molar-refractivity contribution in [1.29, 1.82) is 0 Å². The zero-order valence-electron chi connectivity index (χ0n) is 18.8. The van der Waals surface area contributed by atoms with Gasteiger partial charge in [0.2, 0.25) is 0 Å². The average Bonchev–Trinajstić information content (AvgIpc) is 2.79. The van der Waals surface area contributed by atoms with Crippen LogP contribution in [0.4, 0.5) is 13.2 Å². The number of carbonyl (C=O) groups is 1. The molecule has 10 nitrogen and oxygen atoms in total. The molecule has 0 aliphatic heterocycles. The molecule has 0 saturated carbocycles. The summed E-state index contributed by atoms with van der Waals surface area (Å²) >= 11 is 12.6. The van der Waals surface area contributed by atoms with Crippen LogP contribution in [0.15, 0.2) is 32.9 Å². The van der Waals surface area contributed by atoms with Gasteiger partial charge in [0, 0.05) is 13.1 Å². The van der Waals surface area contributed by atoms with Crippen molar-refractivity contribution in [1.82, 2.24) is 9.13 Å². The van der Waals surface area contributed by atoms with E-state index in [2.05, 4.69) is 14.7 Å². The highest BCUT2D eigenvalue weighted by atomic mass is 35.5. The van der Waals surface area contributed by atoms with E-state index in [-0.39, 0.29) is 27.3 Å². The topological polar surface area (TPSA) is 110 Å². The summed E-state index contributed by atoms with van der Waals surface area (Å²) in [5.74, 6) is -0.740. The average molecular weight is 542 g/mol. The fourth-order valence-electron chi connectivity index (χ4n) is 2.78. The van der Waals surface area contributed by atoms with E-state index >= 15 is 0 Å². The molecule has 1 aromatic carbocycles. The standard InChI is InChI=1S/C20H20Cl2F3N3O7/c1-10(18(26-33-4)34-9-15(30)32-3)35-12-6-5-11(16(21)17(12)22)8-28-14(29)7-13(20(23,24)25)27(2)19(28)31/h5-7,10H,8-9H2,1-4H3. The molecule has 0 aliphatic rings. The first-order valence-electron chi connectivity index (χ1n) is 9.64. The van der Waals surface area contributed by atoms with Crippen LogP contribution in [-0.4, -0.2) is 47.9 Å². The molecule has 35 heavy (non-hydrogen) atoms. The lowest BCUT2D eigenvalue weighted by atomic mass is 10.2. The van der Waals surface area contributed by atoms with Gasteiger partial charge in [-0.25, -0.2) is 9.59 Å². The predicted molar refractivity (Wildman–Crippen MR) is 119 cm³/mol. The molecule has 0 bridgehead atoms. The van der Waals surface area contributed by atoms with Crippen molar-refractivity contribution in [3.05, 3.63) is 60.3 Å². The van der Waals surface area contributed by atoms with Gasteiger partial charge in [-0.2, -0.15) is 13.2 Å². The molecule has 1 aromatic heterocycles. The number of nitrogens with zero attached hydrogens (tertiary/aromatic N) is 3. The Morgan fingerprint density at radius 3 is 2.40 bits per heavy atom. The number of methoxy groups -OCH3 is 1. The van der Waals surface area contributed by atoms with Crippen LogP contribution in [0.25, 0.3) is 0 Å². The van der Waals surface area contributed by atoms with Crippen molar-refractivity contribution >= 4 is 35.1 Å². The van der Waals surface area contributed by atoms with Gasteiger partial charge in [-0.15, -0.1) is 0 Å². The Labute approximate surface area is 206 Å². The second-order valence-electron chi connectivity index (χ2n) is 6.88. The summed E-state index contributed by atoms with van der Waals surface area (Å²) in [6, 6.07) is 3.06. The van der Waals surface area contributed by atoms with Gasteiger partial charge in [0.15, 0.2) is 12.7 Å². The molecular formula is C20H20Cl2F3N3O7. The molecule has 2 aromatic rings. The minimum atomic E-state index is -4.88. The van der Waals surface area contributed by atoms with Crippen LogP contribution in [0.3, 0.4) is 0 Å². The third-order valence-corrected chi connectivity index (χ3v) is 5.45. The summed E-state index contributed by atoms with van der Waals surface area (Å²) in [6.07, 6.45) is -5.79. The molecule has 1 unspecified atom stereocenters. The lowest BCUT2D eigenvalue weighted by Gasteiger charge is -2.19. The van der Waals surface area contributed by atoms with Crippen LogP contribution < -0.4 is 16.0 Å². The van der Waals surface area contributed by atoms with Crippen LogP contribution in [0.5, 0.6) is 5.75 Å². The lowest BCUT2D eigenvalue weighted by molar-refractivity contribution is -0.144. The monoisotopic (exact) mass is 541 g/mol. The SMILES string of the molecule is CON=C(OCC(=O)OC)C(C)Oc1ccc(Cn2c(=O)cc(C(F)(F)F)n(C)c2=O)c(Cl)c1Cl. The fraction of sp³-hybridized carbons (Fsp3) is 0.400. The number of oxime groups is 1. The van der Waals surface area contributed by atoms with E-state index < -0.39 is 48.3 Å². The van der Waals surface area contributed by atoms with Gasteiger partial charge in [-0.3, -0.25) is 13.9 Å². The van der Waals surface area contributed by atoms with Gasteiger partial charge < -0.3 is 19.0 Å². The van der Waals surface area contributed by atoms with Crippen molar-refractivity contribution in [2.45, 2.75) is 25.7 Å². The van der Waals surface area contributed by atoms with Gasteiger partial charge in [-0.05, 0) is 23.7 Å². The molecule has 0 spiro atoms. The maximum absolute atomic E-state index is 13.0. The van der Waals surface area contributed by atoms with Crippen molar-refractivity contribution in [3.63, 3.8) is 0 Å². The Balaban J connectivity index is 2.32. The molecule has 2 rings (SSSR count). The van der Waals surface area contributed by atoms with Crippen LogP contribution in [0.2, 0.25) is 10.0 Å². The van der Waals surface area contributed by atoms with Crippen LogP contribution >= 0.6 is 23.2 Å². The number of alkyl halides is 3. The molecule has 0 aliphatic carbocycles. The molecule has 1 atom stereocenters. The zero-order valence-corrected chi connectivity index (χ0v) is 20.3. The van der Waals surface area contributed by atoms with E-state index in [0.717, 1.165) is 7.05 Å². The van der Waals surface area contributed by atoms with E-state index in [4.69, 9.17) is 32.7 Å². The number of hydrogen-bond acceptors (Lipinski definition) is 8. The third-order valence-electron chi connectivity index (χ3n) is 4.55. The Hall–Kier alpha value is -3.19. The third kappa shape index (κ3) is 6.69. The van der Waals surface area contributed by atoms with E-state index in [0.29, 0.717) is 15.2 Å². The smallest absolute Gasteiger partial charge is 0.431 e. The minimum Gasteiger partial charge on any atom is -0.479 e. The summed E-state index contributed by atoms with van der Waals surface area (Å²) < 4.78 is 55.4. The number of carbonyl (C=O) groups excluding carboxylic acids is 1. The van der Waals surface area contributed by atoms with Crippen molar-refractivity contribution in [2.75, 3.05) is 20.8 Å². The summed E-state index contributed by atoms with van der Waals surface area (Å²) in [5.41, 5.74) is -3.56. The van der Waals surface area contributed by atoms with E-state index in [1.165, 1.54) is 33.3 Å². The quantitative estimate of drug-likeness (QED) is 0.218. The van der Waals surface area contributed by atoms with E-state index in [1.54, 1.807) is 0 Å². The zero-order chi connectivity index (χ0) is 26.5. The van der Waals surface area contributed by atoms with Gasteiger partial charge in [0.25, 0.3) is 11.5 Å². The Morgan fingerprint density at radius 1 is 1.17 bits per heavy atom. The Bertz CT molecular complexity index is 1240. The van der Waals surface area contributed by atoms with Gasteiger partial charge in [0.1, 0.15) is 23.6 Å². The van der Waals surface area contributed by atoms with Gasteiger partial charge in [0.05, 0.1) is 18.7 Å². The van der Waals surface area contributed by atoms with Gasteiger partial charge in [-0.1, -0.05) is 29.3 Å². The highest BCUT2D eigenvalue weighted by Crippen LogP contribution is 2.35. The molecule has 15 heteroatoms. The predicted octanol–water partition coefficient (Wildman–Crippen LogP) is 2.84. The molecular weight excluding hydrogens is 522 g/mol. The molecule has 0 saturated heterocycles. The van der Waals surface area contributed by atoms with E-state index in [9.17, 15) is 27.6 Å². The van der Waals surface area contributed by atoms with Crippen molar-refractivity contribution in [2.24, 2.45) is 12.2 Å². The Morgan fingerprint density at radius 2 is 1.83 bits per heavy atom. The maximum atomic E-state index is 13.0. The number of esters is 1. The molecule has 0 amide bonds. The minimum absolute atomic E-state index is 0.0473. The summed E-state index contributed by atoms with van der Waals surface area (Å²) in [4.78, 5) is 40.6. The Kier molecular flexibility index (Phi) is 9.21. The summed E-state index contributed by atoms with van der Waals surface area (Å²) in [5, 5.41) is 3.42. The molecule has 192 valence electrons. The number of benzene rings is 1. The second kappa shape index (κ2) is 11.5. The molecule has 0 fully saturated rings. The van der Waals surface area contributed by atoms with Crippen molar-refractivity contribution < 1.29 is 37.0 Å². The second-order valence-corrected chi connectivity index (χ2v) is 7.64. The number of halogens is 5. The summed E-state index contributed by atoms with van der Waals surface area (Å²) in [7, 11) is 3.33. The first kappa shape index (κ1) is 28.1. The number of aromatic nitrogens is 2. The lowest BCUT2D eigenvalue weighted by Crippen LogP contribution is -2.41. The molecule has 0 radical (unpaired) electrons. The molecule has 1 heterocycles. The summed E-state index contributed by atoms with van der Waals surface area (Å²) in [6.45, 7) is 0.603. The normalized spacial score (nSPS) is 12.8.